The predicted octanol–water partition coefficient (Wildman–Crippen LogP) is 3.20. The van der Waals surface area contributed by atoms with Crippen molar-refractivity contribution in [1.82, 2.24) is 46.0 Å². The van der Waals surface area contributed by atoms with E-state index in [-0.39, 0.29) is 50.0 Å². The Morgan fingerprint density at radius 1 is 0.662 bits per heavy atom. The molecule has 0 bridgehead atoms. The molecular formula is C52H79N9O10. The highest BCUT2D eigenvalue weighted by Gasteiger charge is 2.33. The monoisotopic (exact) mass is 990 g/mol. The Hall–Kier alpha value is -5.70. The van der Waals surface area contributed by atoms with Crippen molar-refractivity contribution in [3.8, 4) is 17.2 Å². The van der Waals surface area contributed by atoms with Crippen LogP contribution in [-0.4, -0.2) is 191 Å². The van der Waals surface area contributed by atoms with E-state index in [2.05, 4.69) is 31.2 Å². The molecule has 392 valence electrons. The fraction of sp³-hybridized carbons (Fsp3) is 0.577. The van der Waals surface area contributed by atoms with E-state index in [0.717, 1.165) is 42.9 Å². The summed E-state index contributed by atoms with van der Waals surface area (Å²) in [6.07, 6.45) is -0.983. The minimum absolute atomic E-state index is 0.123. The van der Waals surface area contributed by atoms with Crippen LogP contribution in [0.25, 0.3) is 0 Å². The summed E-state index contributed by atoms with van der Waals surface area (Å²) >= 11 is 0. The van der Waals surface area contributed by atoms with Crippen LogP contribution in [0.5, 0.6) is 17.2 Å². The predicted molar refractivity (Wildman–Crippen MR) is 271 cm³/mol. The molecule has 2 aliphatic heterocycles. The number of hydrogen-bond acceptors (Lipinski definition) is 13. The molecule has 0 spiro atoms. The first-order chi connectivity index (χ1) is 34.1. The standard InChI is InChI=1S/C52H79N9O10/c1-37(2)47(54-51(65)57(5)20-22-59-24-28-69-29-25-59)49(63)53-43(32-39-12-10-9-11-13-39)44(62)35-61(34-40-14-17-42(18-15-40)71-36-41-16-19-45(67-7)46(33-41)68-8)56-50(64)48(38(3)4)55-52(66)58(6)21-23-60-26-30-70-31-27-60/h9-19,33,37-38,43-44,47-48,62H,20-32,34-36H2,1-8H3,(H,53,63)(H,54,65)(H,55,66)(H,56,64)/t43?,44?,47-,48-/m0/s1. The van der Waals surface area contributed by atoms with Crippen LogP contribution in [0.15, 0.2) is 72.8 Å². The zero-order valence-corrected chi connectivity index (χ0v) is 43.1. The van der Waals surface area contributed by atoms with Crippen molar-refractivity contribution >= 4 is 23.9 Å². The zero-order chi connectivity index (χ0) is 51.3. The number of hydrogen-bond donors (Lipinski definition) is 5. The highest BCUT2D eigenvalue weighted by molar-refractivity contribution is 5.88. The topological polar surface area (TPSA) is 199 Å². The van der Waals surface area contributed by atoms with Gasteiger partial charge in [0.05, 0.1) is 52.8 Å². The molecule has 2 fully saturated rings. The molecule has 19 nitrogen and oxygen atoms in total. The second-order valence-electron chi connectivity index (χ2n) is 18.9. The molecule has 4 atom stereocenters. The maximum absolute atomic E-state index is 14.3. The number of amides is 6. The van der Waals surface area contributed by atoms with Gasteiger partial charge in [0.15, 0.2) is 11.5 Å². The van der Waals surface area contributed by atoms with E-state index in [1.54, 1.807) is 43.1 Å². The van der Waals surface area contributed by atoms with Crippen molar-refractivity contribution in [2.24, 2.45) is 11.8 Å². The second-order valence-corrected chi connectivity index (χ2v) is 18.9. The lowest BCUT2D eigenvalue weighted by Crippen LogP contribution is -2.60. The molecule has 0 saturated carbocycles. The molecular weight excluding hydrogens is 911 g/mol. The molecule has 5 rings (SSSR count). The molecule has 3 aromatic rings. The molecule has 2 unspecified atom stereocenters. The number of likely N-dealkylation sites (N-methyl/N-ethyl adjacent to an activating group) is 2. The van der Waals surface area contributed by atoms with Crippen LogP contribution in [0.1, 0.15) is 44.4 Å². The Morgan fingerprint density at radius 2 is 1.18 bits per heavy atom. The van der Waals surface area contributed by atoms with E-state index in [1.807, 2.05) is 100 Å². The highest BCUT2D eigenvalue weighted by atomic mass is 16.5. The van der Waals surface area contributed by atoms with Crippen LogP contribution in [0, 0.1) is 11.8 Å². The minimum Gasteiger partial charge on any atom is -0.493 e. The average molecular weight is 990 g/mol. The van der Waals surface area contributed by atoms with Crippen molar-refractivity contribution in [2.75, 3.05) is 114 Å². The molecule has 5 N–H and O–H groups in total. The Labute approximate surface area is 420 Å². The SMILES string of the molecule is COc1ccc(COc2ccc(CN(CC(O)C(Cc3ccccc3)NC(=O)[C@@H](NC(=O)N(C)CCN3CCOCC3)C(C)C)NC(=O)[C@@H](NC(=O)N(C)CCN3CCOCC3)C(C)C)cc2)cc1OC. The number of benzene rings is 3. The van der Waals surface area contributed by atoms with Gasteiger partial charge in [0.1, 0.15) is 24.4 Å². The number of morpholine rings is 2. The highest BCUT2D eigenvalue weighted by Crippen LogP contribution is 2.28. The molecule has 2 heterocycles. The molecule has 0 radical (unpaired) electrons. The number of rotatable bonds is 26. The van der Waals surface area contributed by atoms with Gasteiger partial charge in [-0.1, -0.05) is 76.2 Å². The third-order valence-corrected chi connectivity index (χ3v) is 12.8. The van der Waals surface area contributed by atoms with Crippen molar-refractivity contribution < 1.29 is 48.0 Å². The first-order valence-electron chi connectivity index (χ1n) is 24.8. The molecule has 3 aromatic carbocycles. The van der Waals surface area contributed by atoms with Gasteiger partial charge in [-0.3, -0.25) is 24.8 Å². The lowest BCUT2D eigenvalue weighted by Gasteiger charge is -2.34. The first-order valence-corrected chi connectivity index (χ1v) is 24.8. The van der Waals surface area contributed by atoms with Crippen molar-refractivity contribution in [3.63, 3.8) is 0 Å². The first kappa shape index (κ1) is 56.2. The maximum Gasteiger partial charge on any atom is 0.317 e. The average Bonchev–Trinajstić information content (AvgIpc) is 3.37. The molecule has 0 aromatic heterocycles. The maximum atomic E-state index is 14.3. The number of carbonyl (C=O) groups excluding carboxylic acids is 4. The number of hydrazine groups is 1. The Morgan fingerprint density at radius 3 is 1.70 bits per heavy atom. The van der Waals surface area contributed by atoms with Gasteiger partial charge in [-0.05, 0) is 59.2 Å². The zero-order valence-electron chi connectivity index (χ0n) is 43.1. The second kappa shape index (κ2) is 29.0. The summed E-state index contributed by atoms with van der Waals surface area (Å²) in [7, 11) is 6.57. The number of aliphatic hydroxyl groups excluding tert-OH is 1. The summed E-state index contributed by atoms with van der Waals surface area (Å²) in [4.78, 5) is 63.2. The van der Waals surface area contributed by atoms with Crippen molar-refractivity contribution in [1.29, 1.82) is 0 Å². The number of nitrogens with zero attached hydrogens (tertiary/aromatic N) is 5. The van der Waals surface area contributed by atoms with Gasteiger partial charge in [-0.2, -0.15) is 0 Å². The smallest absolute Gasteiger partial charge is 0.317 e. The lowest BCUT2D eigenvalue weighted by molar-refractivity contribution is -0.131. The lowest BCUT2D eigenvalue weighted by atomic mass is 9.98. The molecule has 6 amide bonds. The van der Waals surface area contributed by atoms with Gasteiger partial charge >= 0.3 is 12.1 Å². The van der Waals surface area contributed by atoms with Crippen LogP contribution in [-0.2, 0) is 38.6 Å². The van der Waals surface area contributed by atoms with Gasteiger partial charge < -0.3 is 54.5 Å². The van der Waals surface area contributed by atoms with Gasteiger partial charge in [0, 0.05) is 79.5 Å². The number of methoxy groups -OCH3 is 2. The number of aliphatic hydroxyl groups is 1. The summed E-state index contributed by atoms with van der Waals surface area (Å²) in [5, 5.41) is 22.8. The van der Waals surface area contributed by atoms with Crippen LogP contribution < -0.4 is 35.6 Å². The Kier molecular flexibility index (Phi) is 22.9. The summed E-state index contributed by atoms with van der Waals surface area (Å²) in [6, 6.07) is 19.0. The molecule has 0 aliphatic carbocycles. The molecule has 71 heavy (non-hydrogen) atoms. The van der Waals surface area contributed by atoms with E-state index in [1.165, 1.54) is 0 Å². The normalized spacial score (nSPS) is 16.1. The van der Waals surface area contributed by atoms with Crippen molar-refractivity contribution in [2.45, 2.75) is 71.5 Å². The van der Waals surface area contributed by atoms with E-state index in [0.29, 0.717) is 69.9 Å². The Balaban J connectivity index is 1.33. The molecule has 2 aliphatic rings. The summed E-state index contributed by atoms with van der Waals surface area (Å²) in [5.74, 6) is 0.318. The minimum atomic E-state index is -1.23. The van der Waals surface area contributed by atoms with Crippen LogP contribution in [0.3, 0.4) is 0 Å². The largest absolute Gasteiger partial charge is 0.493 e. The van der Waals surface area contributed by atoms with Gasteiger partial charge in [0.25, 0.3) is 5.91 Å². The third-order valence-electron chi connectivity index (χ3n) is 12.8. The summed E-state index contributed by atoms with van der Waals surface area (Å²) < 4.78 is 27.8. The van der Waals surface area contributed by atoms with Crippen LogP contribution >= 0.6 is 0 Å². The fourth-order valence-corrected chi connectivity index (χ4v) is 8.19. The quantitative estimate of drug-likeness (QED) is 0.0737. The van der Waals surface area contributed by atoms with E-state index < -0.39 is 36.0 Å². The molecule has 2 saturated heterocycles. The van der Waals surface area contributed by atoms with Crippen LogP contribution in [0.4, 0.5) is 9.59 Å². The van der Waals surface area contributed by atoms with E-state index in [9.17, 15) is 24.3 Å². The number of carbonyl (C=O) groups is 4. The number of nitrogens with one attached hydrogen (secondary N) is 4. The van der Waals surface area contributed by atoms with Crippen LogP contribution in [0.2, 0.25) is 0 Å². The molecule has 19 heteroatoms. The third kappa shape index (κ3) is 18.5. The Bertz CT molecular complexity index is 2090. The summed E-state index contributed by atoms with van der Waals surface area (Å²) in [6.45, 7) is 15.8. The summed E-state index contributed by atoms with van der Waals surface area (Å²) in [5.41, 5.74) is 5.55. The van der Waals surface area contributed by atoms with Crippen molar-refractivity contribution in [3.05, 3.63) is 89.5 Å². The van der Waals surface area contributed by atoms with E-state index in [4.69, 9.17) is 23.7 Å². The van der Waals surface area contributed by atoms with Gasteiger partial charge in [0.2, 0.25) is 5.91 Å². The fourth-order valence-electron chi connectivity index (χ4n) is 8.19. The van der Waals surface area contributed by atoms with Gasteiger partial charge in [-0.25, -0.2) is 14.6 Å². The van der Waals surface area contributed by atoms with Gasteiger partial charge in [-0.15, -0.1) is 0 Å². The van der Waals surface area contributed by atoms with E-state index >= 15 is 0 Å². The number of urea groups is 2. The number of ether oxygens (including phenoxy) is 5.